The minimum atomic E-state index is -4.57. The minimum absolute atomic E-state index is 0.0402. The molecule has 45 heavy (non-hydrogen) atoms. The Hall–Kier alpha value is -5.07. The molecule has 0 heterocycles. The van der Waals surface area contributed by atoms with Crippen molar-refractivity contribution in [2.45, 2.75) is 32.9 Å². The van der Waals surface area contributed by atoms with Crippen molar-refractivity contribution >= 4 is 40.9 Å². The highest BCUT2D eigenvalue weighted by molar-refractivity contribution is 5.99. The van der Waals surface area contributed by atoms with Crippen LogP contribution in [0.2, 0.25) is 0 Å². The summed E-state index contributed by atoms with van der Waals surface area (Å²) < 4.78 is 45.2. The second kappa shape index (κ2) is 15.6. The molecule has 3 aromatic rings. The average Bonchev–Trinajstić information content (AvgIpc) is 2.98. The molecule has 10 nitrogen and oxygen atoms in total. The number of benzene rings is 3. The van der Waals surface area contributed by atoms with Crippen LogP contribution in [0.25, 0.3) is 0 Å². The maximum Gasteiger partial charge on any atom is 0.416 e. The Morgan fingerprint density at radius 2 is 1.64 bits per heavy atom. The van der Waals surface area contributed by atoms with Crippen LogP contribution in [-0.2, 0) is 27.0 Å². The summed E-state index contributed by atoms with van der Waals surface area (Å²) in [5.74, 6) is -1.67. The van der Waals surface area contributed by atoms with Crippen molar-refractivity contribution < 1.29 is 42.2 Å². The van der Waals surface area contributed by atoms with Crippen molar-refractivity contribution in [1.82, 2.24) is 5.32 Å². The SMILES string of the molecule is CC(C)CCN(C(=O)CNC(=O)Nc1cccc(CC(=O)O)c1)c1ccccc1OCC(=O)N(C)c1cccc(C(F)(F)F)c1. The number of para-hydroxylation sites is 2. The molecular formula is C32H35F3N4O6. The van der Waals surface area contributed by atoms with Gasteiger partial charge >= 0.3 is 18.2 Å². The molecule has 3 N–H and O–H groups in total. The Morgan fingerprint density at radius 1 is 0.933 bits per heavy atom. The molecule has 0 saturated heterocycles. The van der Waals surface area contributed by atoms with Crippen molar-refractivity contribution in [3.8, 4) is 5.75 Å². The number of carboxylic acid groups (broad SMARTS) is 1. The summed E-state index contributed by atoms with van der Waals surface area (Å²) in [7, 11) is 1.34. The van der Waals surface area contributed by atoms with Crippen LogP contribution >= 0.6 is 0 Å². The van der Waals surface area contributed by atoms with Gasteiger partial charge in [-0.3, -0.25) is 14.4 Å². The summed E-state index contributed by atoms with van der Waals surface area (Å²) in [6.07, 6.45) is -4.17. The van der Waals surface area contributed by atoms with Gasteiger partial charge in [0.05, 0.1) is 24.2 Å². The molecule has 4 amide bonds. The molecule has 0 atom stereocenters. The van der Waals surface area contributed by atoms with Gasteiger partial charge < -0.3 is 30.3 Å². The van der Waals surface area contributed by atoms with Crippen LogP contribution in [0, 0.1) is 5.92 Å². The first-order valence-corrected chi connectivity index (χ1v) is 14.1. The van der Waals surface area contributed by atoms with Gasteiger partial charge in [-0.25, -0.2) is 4.79 Å². The fourth-order valence-electron chi connectivity index (χ4n) is 4.20. The number of anilines is 3. The molecule has 0 aliphatic carbocycles. The van der Waals surface area contributed by atoms with E-state index in [2.05, 4.69) is 10.6 Å². The molecule has 3 rings (SSSR count). The molecule has 3 aromatic carbocycles. The van der Waals surface area contributed by atoms with Crippen molar-refractivity contribution in [2.75, 3.05) is 41.9 Å². The first kappa shape index (κ1) is 34.4. The van der Waals surface area contributed by atoms with E-state index in [1.54, 1.807) is 42.5 Å². The Morgan fingerprint density at radius 3 is 2.33 bits per heavy atom. The van der Waals surface area contributed by atoms with E-state index in [9.17, 15) is 32.3 Å². The predicted octanol–water partition coefficient (Wildman–Crippen LogP) is 5.58. The summed E-state index contributed by atoms with van der Waals surface area (Å²) in [6.45, 7) is 3.34. The normalized spacial score (nSPS) is 11.1. The second-order valence-electron chi connectivity index (χ2n) is 10.6. The molecule has 0 unspecified atom stereocenters. The summed E-state index contributed by atoms with van der Waals surface area (Å²) in [6, 6.07) is 16.5. The van der Waals surface area contributed by atoms with Gasteiger partial charge in [0.1, 0.15) is 5.75 Å². The number of hydrogen-bond donors (Lipinski definition) is 3. The smallest absolute Gasteiger partial charge is 0.416 e. The van der Waals surface area contributed by atoms with Gasteiger partial charge in [0.15, 0.2) is 6.61 Å². The fraction of sp³-hybridized carbons (Fsp3) is 0.312. The zero-order valence-electron chi connectivity index (χ0n) is 25.1. The average molecular weight is 629 g/mol. The minimum Gasteiger partial charge on any atom is -0.482 e. The highest BCUT2D eigenvalue weighted by atomic mass is 19.4. The monoisotopic (exact) mass is 628 g/mol. The molecule has 0 aliphatic rings. The van der Waals surface area contributed by atoms with E-state index in [-0.39, 0.29) is 36.9 Å². The molecule has 0 aromatic heterocycles. The third kappa shape index (κ3) is 10.6. The van der Waals surface area contributed by atoms with Gasteiger partial charge in [-0.05, 0) is 60.4 Å². The van der Waals surface area contributed by atoms with Crippen molar-refractivity contribution in [3.63, 3.8) is 0 Å². The third-order valence-electron chi connectivity index (χ3n) is 6.61. The number of urea groups is 1. The van der Waals surface area contributed by atoms with Crippen LogP contribution in [0.15, 0.2) is 72.8 Å². The first-order valence-electron chi connectivity index (χ1n) is 14.1. The lowest BCUT2D eigenvalue weighted by Gasteiger charge is -2.26. The number of rotatable bonds is 13. The topological polar surface area (TPSA) is 128 Å². The molecular weight excluding hydrogens is 593 g/mol. The number of aliphatic carboxylic acids is 1. The van der Waals surface area contributed by atoms with E-state index in [0.717, 1.165) is 17.0 Å². The molecule has 0 bridgehead atoms. The number of alkyl halides is 3. The fourth-order valence-corrected chi connectivity index (χ4v) is 4.20. The highest BCUT2D eigenvalue weighted by Crippen LogP contribution is 2.32. The van der Waals surface area contributed by atoms with E-state index in [4.69, 9.17) is 9.84 Å². The molecule has 0 aliphatic heterocycles. The zero-order chi connectivity index (χ0) is 33.1. The van der Waals surface area contributed by atoms with Crippen molar-refractivity contribution in [1.29, 1.82) is 0 Å². The van der Waals surface area contributed by atoms with E-state index in [1.807, 2.05) is 13.8 Å². The number of carbonyl (C=O) groups excluding carboxylic acids is 3. The lowest BCUT2D eigenvalue weighted by atomic mass is 10.1. The number of hydrogen-bond acceptors (Lipinski definition) is 5. The summed E-state index contributed by atoms with van der Waals surface area (Å²) in [5, 5.41) is 14.1. The number of carboxylic acids is 1. The van der Waals surface area contributed by atoms with Gasteiger partial charge in [0.25, 0.3) is 5.91 Å². The van der Waals surface area contributed by atoms with E-state index < -0.39 is 42.2 Å². The third-order valence-corrected chi connectivity index (χ3v) is 6.61. The van der Waals surface area contributed by atoms with E-state index >= 15 is 0 Å². The van der Waals surface area contributed by atoms with Crippen LogP contribution < -0.4 is 25.2 Å². The van der Waals surface area contributed by atoms with Crippen molar-refractivity contribution in [2.24, 2.45) is 5.92 Å². The van der Waals surface area contributed by atoms with E-state index in [0.29, 0.717) is 23.4 Å². The van der Waals surface area contributed by atoms with Crippen LogP contribution in [0.1, 0.15) is 31.4 Å². The Labute approximate surface area is 258 Å². The number of nitrogens with one attached hydrogen (secondary N) is 2. The highest BCUT2D eigenvalue weighted by Gasteiger charge is 2.31. The van der Waals surface area contributed by atoms with Gasteiger partial charge in [0.2, 0.25) is 5.91 Å². The van der Waals surface area contributed by atoms with Gasteiger partial charge in [-0.1, -0.05) is 44.2 Å². The lowest BCUT2D eigenvalue weighted by Crippen LogP contribution is -2.42. The standard InChI is InChI=1S/C32H35F3N4O6/c1-21(2)14-15-39(28(40)19-36-31(44)37-24-10-6-8-22(16-24)17-30(42)43)26-12-4-5-13-27(26)45-20-29(41)38(3)25-11-7-9-23(18-25)32(33,34)35/h4-13,16,18,21H,14-15,17,19-20H2,1-3H3,(H,42,43)(H2,36,37,44). The predicted molar refractivity (Wildman–Crippen MR) is 163 cm³/mol. The van der Waals surface area contributed by atoms with Crippen LogP contribution in [-0.4, -0.2) is 55.7 Å². The Kier molecular flexibility index (Phi) is 11.9. The maximum atomic E-state index is 13.4. The molecule has 240 valence electrons. The van der Waals surface area contributed by atoms with Gasteiger partial charge in [-0.15, -0.1) is 0 Å². The number of amides is 4. The lowest BCUT2D eigenvalue weighted by molar-refractivity contribution is -0.138. The summed E-state index contributed by atoms with van der Waals surface area (Å²) >= 11 is 0. The van der Waals surface area contributed by atoms with Gasteiger partial charge in [-0.2, -0.15) is 13.2 Å². The summed E-state index contributed by atoms with van der Waals surface area (Å²) in [5.41, 5.74) is 0.347. The Bertz CT molecular complexity index is 1510. The van der Waals surface area contributed by atoms with Crippen LogP contribution in [0.5, 0.6) is 5.75 Å². The molecule has 0 saturated carbocycles. The van der Waals surface area contributed by atoms with Crippen molar-refractivity contribution in [3.05, 3.63) is 83.9 Å². The summed E-state index contributed by atoms with van der Waals surface area (Å²) in [4.78, 5) is 52.3. The second-order valence-corrected chi connectivity index (χ2v) is 10.6. The first-order chi connectivity index (χ1) is 21.2. The maximum absolute atomic E-state index is 13.4. The quantitative estimate of drug-likeness (QED) is 0.227. The molecule has 0 spiro atoms. The number of carbonyl (C=O) groups is 4. The molecule has 13 heteroatoms. The molecule has 0 radical (unpaired) electrons. The number of halogens is 3. The van der Waals surface area contributed by atoms with E-state index in [1.165, 1.54) is 30.1 Å². The zero-order valence-corrected chi connectivity index (χ0v) is 25.1. The number of ether oxygens (including phenoxy) is 1. The Balaban J connectivity index is 1.70. The number of likely N-dealkylation sites (N-methyl/N-ethyl adjacent to an activating group) is 1. The molecule has 0 fully saturated rings. The van der Waals surface area contributed by atoms with Crippen LogP contribution in [0.4, 0.5) is 35.0 Å². The van der Waals surface area contributed by atoms with Crippen LogP contribution in [0.3, 0.4) is 0 Å². The van der Waals surface area contributed by atoms with Gasteiger partial charge in [0, 0.05) is 25.0 Å². The number of nitrogens with zero attached hydrogens (tertiary/aromatic N) is 2. The largest absolute Gasteiger partial charge is 0.482 e.